The molecule has 0 radical (unpaired) electrons. The van der Waals surface area contributed by atoms with Crippen molar-refractivity contribution >= 4 is 35.2 Å². The number of nitrogens with one attached hydrogen (secondary N) is 1. The van der Waals surface area contributed by atoms with E-state index in [4.69, 9.17) is 21.6 Å². The van der Waals surface area contributed by atoms with Crippen LogP contribution in [0.4, 0.5) is 14.5 Å². The van der Waals surface area contributed by atoms with Crippen LogP contribution in [0.25, 0.3) is 0 Å². The molecule has 2 heterocycles. The smallest absolute Gasteiger partial charge is 0.181 e. The predicted octanol–water partition coefficient (Wildman–Crippen LogP) is 3.57. The summed E-state index contributed by atoms with van der Waals surface area (Å²) >= 11 is 6.07. The van der Waals surface area contributed by atoms with Gasteiger partial charge in [-0.05, 0) is 18.2 Å². The molecular formula is C21H16ClF2N5O2. The number of aliphatic imine (C=N–C) groups is 2. The van der Waals surface area contributed by atoms with Gasteiger partial charge in [0.1, 0.15) is 18.5 Å². The lowest BCUT2D eigenvalue weighted by molar-refractivity contribution is 0.0499. The number of halogens is 3. The maximum atomic E-state index is 14.8. The molecule has 10 heteroatoms. The first-order chi connectivity index (χ1) is 15.0. The van der Waals surface area contributed by atoms with E-state index >= 15 is 0 Å². The number of benzene rings is 1. The fraction of sp³-hybridized carbons (Fsp3) is 0.238. The molecule has 1 aliphatic carbocycles. The number of nitrogens with zero attached hydrogens (tertiary/aromatic N) is 4. The van der Waals surface area contributed by atoms with E-state index in [0.717, 1.165) is 0 Å². The summed E-state index contributed by atoms with van der Waals surface area (Å²) < 4.78 is 34.3. The summed E-state index contributed by atoms with van der Waals surface area (Å²) in [5, 5.41) is 12.0. The van der Waals surface area contributed by atoms with Gasteiger partial charge in [-0.2, -0.15) is 5.26 Å². The standard InChI is InChI=1S/C21H16ClF2N5O2/c22-15-9-13(2-1-12(15)11-30)28-20-21-27-10-16(29(21)7-6-26-20)14-3-4-17(31-8-5-25)19(24)18(14)23/h1-4,6-7,9,11,16-17,19H,8,10H2,(H,26,28). The lowest BCUT2D eigenvalue weighted by atomic mass is 9.95. The molecule has 1 aromatic rings. The van der Waals surface area contributed by atoms with E-state index in [9.17, 15) is 13.6 Å². The summed E-state index contributed by atoms with van der Waals surface area (Å²) in [6.07, 6.45) is 3.59. The van der Waals surface area contributed by atoms with Crippen LogP contribution in [0.15, 0.2) is 64.1 Å². The molecule has 1 aromatic carbocycles. The normalized spacial score (nSPS) is 24.5. The lowest BCUT2D eigenvalue weighted by Crippen LogP contribution is -2.42. The number of hydrogen-bond donors (Lipinski definition) is 1. The first kappa shape index (κ1) is 20.9. The van der Waals surface area contributed by atoms with Crippen molar-refractivity contribution in [2.45, 2.75) is 18.3 Å². The van der Waals surface area contributed by atoms with E-state index in [2.05, 4.69) is 15.3 Å². The monoisotopic (exact) mass is 443 g/mol. The molecule has 0 fully saturated rings. The van der Waals surface area contributed by atoms with Crippen molar-refractivity contribution in [2.24, 2.45) is 9.98 Å². The average Bonchev–Trinajstić information content (AvgIpc) is 3.20. The molecule has 0 saturated carbocycles. The maximum absolute atomic E-state index is 14.8. The Labute approximate surface area is 181 Å². The van der Waals surface area contributed by atoms with Gasteiger partial charge in [0, 0.05) is 29.2 Å². The molecule has 4 rings (SSSR count). The summed E-state index contributed by atoms with van der Waals surface area (Å²) in [4.78, 5) is 21.4. The molecule has 3 aliphatic rings. The Morgan fingerprint density at radius 2 is 2.29 bits per heavy atom. The first-order valence-electron chi connectivity index (χ1n) is 9.33. The van der Waals surface area contributed by atoms with Crippen LogP contribution < -0.4 is 5.32 Å². The van der Waals surface area contributed by atoms with Crippen molar-refractivity contribution in [3.8, 4) is 6.07 Å². The molecule has 1 N–H and O–H groups in total. The zero-order valence-electron chi connectivity index (χ0n) is 16.0. The number of fused-ring (bicyclic) bond motifs is 1. The van der Waals surface area contributed by atoms with E-state index in [1.165, 1.54) is 18.4 Å². The Morgan fingerprint density at radius 1 is 1.45 bits per heavy atom. The van der Waals surface area contributed by atoms with Gasteiger partial charge >= 0.3 is 0 Å². The quantitative estimate of drug-likeness (QED) is 0.702. The number of anilines is 1. The molecule has 0 aromatic heterocycles. The Balaban J connectivity index is 1.51. The minimum Gasteiger partial charge on any atom is -0.356 e. The number of aldehydes is 1. The zero-order valence-corrected chi connectivity index (χ0v) is 16.8. The number of alkyl halides is 1. The fourth-order valence-electron chi connectivity index (χ4n) is 3.50. The van der Waals surface area contributed by atoms with Crippen LogP contribution in [0, 0.1) is 11.3 Å². The van der Waals surface area contributed by atoms with Crippen molar-refractivity contribution in [2.75, 3.05) is 18.5 Å². The van der Waals surface area contributed by atoms with Crippen LogP contribution in [0.2, 0.25) is 5.02 Å². The molecule has 31 heavy (non-hydrogen) atoms. The Morgan fingerprint density at radius 3 is 3.03 bits per heavy atom. The maximum Gasteiger partial charge on any atom is 0.181 e. The van der Waals surface area contributed by atoms with Crippen LogP contribution in [-0.4, -0.2) is 54.3 Å². The number of carbonyl (C=O) groups is 1. The minimum absolute atomic E-state index is 0.160. The highest BCUT2D eigenvalue weighted by molar-refractivity contribution is 6.46. The average molecular weight is 444 g/mol. The number of carbonyl (C=O) groups excluding carboxylic acids is 1. The number of ether oxygens (including phenoxy) is 1. The largest absolute Gasteiger partial charge is 0.356 e. The van der Waals surface area contributed by atoms with Gasteiger partial charge in [0.25, 0.3) is 0 Å². The van der Waals surface area contributed by atoms with E-state index in [1.54, 1.807) is 35.4 Å². The van der Waals surface area contributed by atoms with Crippen LogP contribution in [-0.2, 0) is 4.74 Å². The van der Waals surface area contributed by atoms with Gasteiger partial charge in [-0.1, -0.05) is 23.8 Å². The van der Waals surface area contributed by atoms with E-state index in [1.807, 2.05) is 0 Å². The minimum atomic E-state index is -1.99. The summed E-state index contributed by atoms with van der Waals surface area (Å²) in [5.41, 5.74) is 1.12. The number of hydrogen-bond acceptors (Lipinski definition) is 7. The predicted molar refractivity (Wildman–Crippen MR) is 112 cm³/mol. The molecule has 7 nitrogen and oxygen atoms in total. The number of amidine groups is 2. The van der Waals surface area contributed by atoms with Crippen molar-refractivity contribution in [1.29, 1.82) is 5.26 Å². The Kier molecular flexibility index (Phi) is 5.93. The molecule has 0 saturated heterocycles. The highest BCUT2D eigenvalue weighted by Gasteiger charge is 2.38. The summed E-state index contributed by atoms with van der Waals surface area (Å²) in [6, 6.07) is 6.04. The summed E-state index contributed by atoms with van der Waals surface area (Å²) in [6.45, 7) is -0.123. The van der Waals surface area contributed by atoms with Gasteiger partial charge in [0.2, 0.25) is 0 Å². The molecule has 0 amide bonds. The molecule has 3 atom stereocenters. The third-order valence-corrected chi connectivity index (χ3v) is 5.33. The van der Waals surface area contributed by atoms with Gasteiger partial charge < -0.3 is 15.0 Å². The second kappa shape index (κ2) is 8.79. The first-order valence-corrected chi connectivity index (χ1v) is 9.71. The van der Waals surface area contributed by atoms with Gasteiger partial charge in [-0.3, -0.25) is 9.79 Å². The topological polar surface area (TPSA) is 90.1 Å². The Hall–Kier alpha value is -3.35. The number of rotatable bonds is 5. The van der Waals surface area contributed by atoms with Gasteiger partial charge in [-0.25, -0.2) is 13.8 Å². The second-order valence-corrected chi connectivity index (χ2v) is 7.25. The van der Waals surface area contributed by atoms with Gasteiger partial charge in [0.05, 0.1) is 23.7 Å². The summed E-state index contributed by atoms with van der Waals surface area (Å²) in [5.74, 6) is -0.0589. The molecule has 158 valence electrons. The molecule has 2 aliphatic heterocycles. The lowest BCUT2D eigenvalue weighted by Gasteiger charge is -2.30. The van der Waals surface area contributed by atoms with Gasteiger partial charge in [0.15, 0.2) is 24.1 Å². The highest BCUT2D eigenvalue weighted by Crippen LogP contribution is 2.32. The van der Waals surface area contributed by atoms with Crippen molar-refractivity contribution in [3.63, 3.8) is 0 Å². The van der Waals surface area contributed by atoms with E-state index in [0.29, 0.717) is 29.2 Å². The van der Waals surface area contributed by atoms with E-state index in [-0.39, 0.29) is 23.7 Å². The van der Waals surface area contributed by atoms with Crippen LogP contribution in [0.3, 0.4) is 0 Å². The fourth-order valence-corrected chi connectivity index (χ4v) is 3.72. The van der Waals surface area contributed by atoms with Gasteiger partial charge in [-0.15, -0.1) is 0 Å². The van der Waals surface area contributed by atoms with Crippen LogP contribution in [0.5, 0.6) is 0 Å². The SMILES string of the molecule is N#CCOC1C=CC(C2CN=C3C(Nc4ccc(C=O)c(Cl)c4)=NC=CN32)=C(F)C1F. The second-order valence-electron chi connectivity index (χ2n) is 6.84. The molecule has 0 bridgehead atoms. The summed E-state index contributed by atoms with van der Waals surface area (Å²) in [7, 11) is 0. The molecule has 0 spiro atoms. The zero-order chi connectivity index (χ0) is 22.0. The third-order valence-electron chi connectivity index (χ3n) is 5.00. The molecule has 3 unspecified atom stereocenters. The molecular weight excluding hydrogens is 428 g/mol. The van der Waals surface area contributed by atoms with Crippen LogP contribution in [0.1, 0.15) is 10.4 Å². The number of nitriles is 1. The highest BCUT2D eigenvalue weighted by atomic mass is 35.5. The third kappa shape index (κ3) is 4.00. The van der Waals surface area contributed by atoms with Crippen LogP contribution >= 0.6 is 11.6 Å². The van der Waals surface area contributed by atoms with E-state index < -0.39 is 24.1 Å². The van der Waals surface area contributed by atoms with Crippen molar-refractivity contribution < 1.29 is 18.3 Å². The van der Waals surface area contributed by atoms with Crippen molar-refractivity contribution in [3.05, 3.63) is 64.7 Å². The van der Waals surface area contributed by atoms with Crippen molar-refractivity contribution in [1.82, 2.24) is 4.90 Å². The Bertz CT molecular complexity index is 1110.